The van der Waals surface area contributed by atoms with Crippen LogP contribution in [0.1, 0.15) is 40.5 Å². The Hall–Kier alpha value is 0.0748. The Morgan fingerprint density at radius 1 is 0.812 bits per heavy atom. The highest BCUT2D eigenvalue weighted by molar-refractivity contribution is 6.64. The first-order valence-corrected chi connectivity index (χ1v) is 6.48. The maximum Gasteiger partial charge on any atom is 0.290 e. The second-order valence-corrected chi connectivity index (χ2v) is 4.91. The average molecular weight is 218 g/mol. The van der Waals surface area contributed by atoms with Crippen molar-refractivity contribution in [3.05, 3.63) is 0 Å². The van der Waals surface area contributed by atoms with E-state index in [9.17, 15) is 0 Å². The highest BCUT2D eigenvalue weighted by atomic mass is 15.3. The van der Waals surface area contributed by atoms with E-state index in [1.807, 2.05) is 0 Å². The summed E-state index contributed by atoms with van der Waals surface area (Å²) in [6.45, 7) is 12.2. The third-order valence-corrected chi connectivity index (χ3v) is 2.43. The molecular weight excluding hydrogens is 195 g/mol. The summed E-state index contributed by atoms with van der Waals surface area (Å²) < 4.78 is 6.88. The van der Waals surface area contributed by atoms with Crippen LogP contribution < -0.4 is 0 Å². The van der Waals surface area contributed by atoms with Crippen LogP contribution in [0.4, 0.5) is 0 Å². The van der Waals surface area contributed by atoms with E-state index in [1.165, 1.54) is 12.8 Å². The molecule has 1 fully saturated rings. The van der Waals surface area contributed by atoms with Crippen molar-refractivity contribution in [2.45, 2.75) is 40.5 Å². The van der Waals surface area contributed by atoms with Gasteiger partial charge >= 0.3 is 0 Å². The van der Waals surface area contributed by atoms with Gasteiger partial charge in [-0.15, -0.1) is 0 Å². The second-order valence-electron chi connectivity index (χ2n) is 4.91. The molecule has 0 saturated carbocycles. The van der Waals surface area contributed by atoms with Crippen LogP contribution in [0, 0.1) is 5.92 Å². The molecule has 0 aromatic rings. The summed E-state index contributed by atoms with van der Waals surface area (Å²) in [7, 11) is 6.65. The van der Waals surface area contributed by atoms with Crippen molar-refractivity contribution in [2.24, 2.45) is 5.92 Å². The van der Waals surface area contributed by atoms with Gasteiger partial charge in [0, 0.05) is 0 Å². The molecule has 0 bridgehead atoms. The van der Waals surface area contributed by atoms with Gasteiger partial charge in [0.05, 0.1) is 0 Å². The van der Waals surface area contributed by atoms with Crippen LogP contribution in [0.3, 0.4) is 0 Å². The van der Waals surface area contributed by atoms with Crippen LogP contribution in [-0.2, 0) is 0 Å². The van der Waals surface area contributed by atoms with Gasteiger partial charge in [0.15, 0.2) is 0 Å². The van der Waals surface area contributed by atoms with Gasteiger partial charge < -0.3 is 14.2 Å². The van der Waals surface area contributed by atoms with E-state index < -0.39 is 0 Å². The third-order valence-electron chi connectivity index (χ3n) is 2.43. The van der Waals surface area contributed by atoms with Crippen LogP contribution in [0.5, 0.6) is 0 Å². The van der Waals surface area contributed by atoms with Crippen LogP contribution in [0.25, 0.3) is 0 Å². The Bertz CT molecular complexity index is 178. The van der Waals surface area contributed by atoms with Gasteiger partial charge in [-0.25, -0.2) is 0 Å². The molecule has 87 valence electrons. The van der Waals surface area contributed by atoms with Crippen molar-refractivity contribution >= 4 is 22.6 Å². The molecule has 1 aliphatic heterocycles. The molecule has 0 atom stereocenters. The topological polar surface area (TPSA) is 9.72 Å². The van der Waals surface area contributed by atoms with Gasteiger partial charge in [0.2, 0.25) is 0 Å². The zero-order valence-electron chi connectivity index (χ0n) is 11.2. The van der Waals surface area contributed by atoms with Gasteiger partial charge in [0.1, 0.15) is 0 Å². The Kier molecular flexibility index (Phi) is 6.55. The van der Waals surface area contributed by atoms with Crippen molar-refractivity contribution in [2.75, 3.05) is 19.6 Å². The summed E-state index contributed by atoms with van der Waals surface area (Å²) in [4.78, 5) is 0. The van der Waals surface area contributed by atoms with Crippen molar-refractivity contribution in [3.8, 4) is 0 Å². The first-order valence-electron chi connectivity index (χ1n) is 6.48. The minimum atomic E-state index is 0.692. The van der Waals surface area contributed by atoms with Gasteiger partial charge in [0.25, 0.3) is 22.6 Å². The third kappa shape index (κ3) is 4.94. The normalized spacial score (nSPS) is 19.3. The van der Waals surface area contributed by atoms with E-state index in [4.69, 9.17) is 0 Å². The summed E-state index contributed by atoms with van der Waals surface area (Å²) in [6, 6.07) is 0. The Balaban J connectivity index is 2.45. The van der Waals surface area contributed by atoms with E-state index in [1.54, 1.807) is 0 Å². The molecule has 1 heterocycles. The molecule has 6 heteroatoms. The van der Waals surface area contributed by atoms with Crippen molar-refractivity contribution in [1.82, 2.24) is 14.2 Å². The molecule has 0 spiro atoms. The lowest BCUT2D eigenvalue weighted by atomic mass is 9.73. The zero-order chi connectivity index (χ0) is 12.0. The van der Waals surface area contributed by atoms with E-state index in [0.717, 1.165) is 19.6 Å². The molecule has 3 nitrogen and oxygen atoms in total. The smallest absolute Gasteiger partial charge is 0.290 e. The number of rotatable bonds is 6. The summed E-state index contributed by atoms with van der Waals surface area (Å²) >= 11 is 0. The molecule has 1 aliphatic rings. The predicted octanol–water partition coefficient (Wildman–Crippen LogP) is 0.985. The molecule has 0 unspecified atom stereocenters. The largest absolute Gasteiger partial charge is 0.365 e. The summed E-state index contributed by atoms with van der Waals surface area (Å²) in [5.74, 6) is 0.692. The molecule has 0 amide bonds. The molecule has 1 rings (SSSR count). The quantitative estimate of drug-likeness (QED) is 0.615. The minimum Gasteiger partial charge on any atom is -0.365 e. The van der Waals surface area contributed by atoms with Crippen molar-refractivity contribution < 1.29 is 0 Å². The first kappa shape index (κ1) is 14.1. The fourth-order valence-electron chi connectivity index (χ4n) is 1.92. The summed E-state index contributed by atoms with van der Waals surface area (Å²) in [6.07, 6.45) is 2.37. The summed E-state index contributed by atoms with van der Waals surface area (Å²) in [5.41, 5.74) is 0. The van der Waals surface area contributed by atoms with E-state index in [-0.39, 0.29) is 0 Å². The Labute approximate surface area is 103 Å². The van der Waals surface area contributed by atoms with Crippen molar-refractivity contribution in [1.29, 1.82) is 0 Å². The highest BCUT2D eigenvalue weighted by Gasteiger charge is 2.27. The molecule has 0 N–H and O–H groups in total. The van der Waals surface area contributed by atoms with Gasteiger partial charge in [-0.1, -0.05) is 27.7 Å². The fourth-order valence-corrected chi connectivity index (χ4v) is 1.92. The Morgan fingerprint density at radius 2 is 1.25 bits per heavy atom. The SMILES string of the molecule is CCCN1[B]N(CCC)[B]N(CC(C)C)[B]1. The zero-order valence-corrected chi connectivity index (χ0v) is 11.2. The molecule has 16 heavy (non-hydrogen) atoms. The standard InChI is InChI=1S/C10H23B3N3/c1-5-7-14-11-15(8-6-2)13-16(12-14)9-10(3)4/h10H,5-9H2,1-4H3. The van der Waals surface area contributed by atoms with Crippen molar-refractivity contribution in [3.63, 3.8) is 0 Å². The lowest BCUT2D eigenvalue weighted by Crippen LogP contribution is -2.62. The molecule has 1 saturated heterocycles. The number of hydrogen-bond donors (Lipinski definition) is 0. The van der Waals surface area contributed by atoms with Gasteiger partial charge in [-0.05, 0) is 38.4 Å². The van der Waals surface area contributed by atoms with E-state index >= 15 is 0 Å². The van der Waals surface area contributed by atoms with Crippen LogP contribution in [0.15, 0.2) is 0 Å². The minimum absolute atomic E-state index is 0.692. The van der Waals surface area contributed by atoms with Crippen LogP contribution in [0.2, 0.25) is 0 Å². The number of nitrogens with zero attached hydrogens (tertiary/aromatic N) is 3. The molecule has 3 radical (unpaired) electrons. The van der Waals surface area contributed by atoms with Gasteiger partial charge in [-0.2, -0.15) is 0 Å². The molecular formula is C10H23B3N3. The first-order chi connectivity index (χ1) is 7.65. The second kappa shape index (κ2) is 7.41. The lowest BCUT2D eigenvalue weighted by molar-refractivity contribution is 0.436. The monoisotopic (exact) mass is 218 g/mol. The highest BCUT2D eigenvalue weighted by Crippen LogP contribution is 2.05. The maximum absolute atomic E-state index is 2.30. The summed E-state index contributed by atoms with van der Waals surface area (Å²) in [5, 5.41) is 0. The molecule has 0 aromatic heterocycles. The van der Waals surface area contributed by atoms with Crippen LogP contribution in [-0.4, -0.2) is 56.4 Å². The average Bonchev–Trinajstić information content (AvgIpc) is 2.17. The number of hydrogen-bond acceptors (Lipinski definition) is 3. The van der Waals surface area contributed by atoms with Gasteiger partial charge in [-0.3, -0.25) is 0 Å². The predicted molar refractivity (Wildman–Crippen MR) is 72.8 cm³/mol. The molecule has 0 aromatic carbocycles. The maximum atomic E-state index is 2.30. The van der Waals surface area contributed by atoms with E-state index in [0.29, 0.717) is 5.92 Å². The molecule has 0 aliphatic carbocycles. The van der Waals surface area contributed by atoms with Crippen LogP contribution >= 0.6 is 0 Å². The fraction of sp³-hybridized carbons (Fsp3) is 1.00. The Morgan fingerprint density at radius 3 is 1.62 bits per heavy atom. The lowest BCUT2D eigenvalue weighted by Gasteiger charge is -2.40. The van der Waals surface area contributed by atoms with E-state index in [2.05, 4.69) is 64.5 Å².